The van der Waals surface area contributed by atoms with Crippen LogP contribution in [0.2, 0.25) is 0 Å². The summed E-state index contributed by atoms with van der Waals surface area (Å²) in [6.07, 6.45) is 4.38. The highest BCUT2D eigenvalue weighted by atomic mass is 32.2. The van der Waals surface area contributed by atoms with Gasteiger partial charge in [0.15, 0.2) is 0 Å². The fraction of sp³-hybridized carbons (Fsp3) is 0.611. The topological polar surface area (TPSA) is 87.7 Å². The third-order valence-corrected chi connectivity index (χ3v) is 6.34. The number of hydrogen-bond donors (Lipinski definition) is 2. The Morgan fingerprint density at radius 2 is 2.04 bits per heavy atom. The fourth-order valence-corrected chi connectivity index (χ4v) is 4.63. The summed E-state index contributed by atoms with van der Waals surface area (Å²) in [5.41, 5.74) is 0.356. The first-order valence-electron chi connectivity index (χ1n) is 9.25. The molecule has 0 bridgehead atoms. The number of carbonyl (C=O) groups is 1. The number of rotatable bonds is 7. The zero-order chi connectivity index (χ0) is 18.4. The average Bonchev–Trinajstić information content (AvgIpc) is 3.15. The van der Waals surface area contributed by atoms with Crippen LogP contribution in [0.5, 0.6) is 0 Å². The Morgan fingerprint density at radius 1 is 1.23 bits per heavy atom. The first kappa shape index (κ1) is 19.3. The smallest absolute Gasteiger partial charge is 0.251 e. The number of nitrogens with zero attached hydrogens (tertiary/aromatic N) is 1. The Balaban J connectivity index is 1.56. The van der Waals surface area contributed by atoms with Crippen LogP contribution in [0.15, 0.2) is 29.2 Å². The number of carbonyl (C=O) groups excluding carboxylic acids is 1. The Morgan fingerprint density at radius 3 is 2.77 bits per heavy atom. The van der Waals surface area contributed by atoms with Gasteiger partial charge >= 0.3 is 0 Å². The summed E-state index contributed by atoms with van der Waals surface area (Å²) in [6.45, 7) is 4.50. The van der Waals surface area contributed by atoms with E-state index >= 15 is 0 Å². The molecule has 0 aromatic heterocycles. The molecule has 0 spiro atoms. The molecule has 2 fully saturated rings. The number of nitrogens with one attached hydrogen (secondary N) is 2. The minimum atomic E-state index is -3.66. The maximum absolute atomic E-state index is 12.5. The van der Waals surface area contributed by atoms with Crippen LogP contribution in [-0.4, -0.2) is 64.7 Å². The van der Waals surface area contributed by atoms with Gasteiger partial charge in [0.25, 0.3) is 5.91 Å². The van der Waals surface area contributed by atoms with Crippen LogP contribution in [0, 0.1) is 0 Å². The summed E-state index contributed by atoms with van der Waals surface area (Å²) in [4.78, 5) is 14.8. The predicted molar refractivity (Wildman–Crippen MR) is 98.6 cm³/mol. The van der Waals surface area contributed by atoms with E-state index in [9.17, 15) is 13.2 Å². The molecule has 0 saturated carbocycles. The highest BCUT2D eigenvalue weighted by Gasteiger charge is 2.24. The van der Waals surface area contributed by atoms with Crippen molar-refractivity contribution in [1.82, 2.24) is 14.9 Å². The number of benzene rings is 1. The molecular weight excluding hydrogens is 354 g/mol. The molecule has 7 nitrogen and oxygen atoms in total. The molecule has 2 aliphatic rings. The second-order valence-electron chi connectivity index (χ2n) is 6.87. The molecule has 26 heavy (non-hydrogen) atoms. The zero-order valence-electron chi connectivity index (χ0n) is 14.9. The maximum Gasteiger partial charge on any atom is 0.251 e. The molecule has 0 radical (unpaired) electrons. The minimum Gasteiger partial charge on any atom is -0.380 e. The lowest BCUT2D eigenvalue weighted by molar-refractivity contribution is 0.0946. The second-order valence-corrected chi connectivity index (χ2v) is 8.58. The first-order valence-corrected chi connectivity index (χ1v) is 10.7. The van der Waals surface area contributed by atoms with E-state index in [1.54, 1.807) is 12.1 Å². The van der Waals surface area contributed by atoms with Crippen LogP contribution < -0.4 is 10.0 Å². The Bertz CT molecular complexity index is 711. The highest BCUT2D eigenvalue weighted by molar-refractivity contribution is 7.89. The van der Waals surface area contributed by atoms with Crippen LogP contribution in [0.1, 0.15) is 36.0 Å². The predicted octanol–water partition coefficient (Wildman–Crippen LogP) is 0.970. The van der Waals surface area contributed by atoms with Crippen LogP contribution >= 0.6 is 0 Å². The molecule has 2 heterocycles. The molecule has 0 aliphatic carbocycles. The number of amides is 1. The lowest BCUT2D eigenvalue weighted by Crippen LogP contribution is -2.37. The Labute approximate surface area is 155 Å². The molecule has 3 rings (SSSR count). The fourth-order valence-electron chi connectivity index (χ4n) is 3.33. The van der Waals surface area contributed by atoms with Gasteiger partial charge in [0.1, 0.15) is 0 Å². The second kappa shape index (κ2) is 8.94. The molecular formula is C18H27N3O4S. The van der Waals surface area contributed by atoms with Gasteiger partial charge in [-0.2, -0.15) is 0 Å². The average molecular weight is 381 g/mol. The third-order valence-electron chi connectivity index (χ3n) is 4.82. The van der Waals surface area contributed by atoms with E-state index in [1.165, 1.54) is 31.4 Å². The number of hydrogen-bond acceptors (Lipinski definition) is 5. The van der Waals surface area contributed by atoms with Gasteiger partial charge in [0.2, 0.25) is 10.0 Å². The molecule has 1 amide bonds. The van der Waals surface area contributed by atoms with E-state index in [0.717, 1.165) is 19.6 Å². The van der Waals surface area contributed by atoms with E-state index in [1.807, 2.05) is 0 Å². The van der Waals surface area contributed by atoms with Crippen molar-refractivity contribution in [1.29, 1.82) is 0 Å². The molecule has 2 aliphatic heterocycles. The van der Waals surface area contributed by atoms with E-state index in [-0.39, 0.29) is 16.8 Å². The summed E-state index contributed by atoms with van der Waals surface area (Å²) >= 11 is 0. The highest BCUT2D eigenvalue weighted by Crippen LogP contribution is 2.14. The zero-order valence-corrected chi connectivity index (χ0v) is 15.8. The normalized spacial score (nSPS) is 21.6. The van der Waals surface area contributed by atoms with E-state index in [4.69, 9.17) is 4.74 Å². The Hall–Kier alpha value is -1.48. The standard InChI is InChI=1S/C18H27N3O4S/c22-18(19-8-11-21-9-2-1-3-10-21)15-5-4-6-17(13-15)26(23,24)20-16-7-12-25-14-16/h4-6,13,16,20H,1-3,7-12,14H2,(H,19,22)/t16-/m0/s1. The van der Waals surface area contributed by atoms with Crippen LogP contribution in [0.25, 0.3) is 0 Å². The van der Waals surface area contributed by atoms with Crippen LogP contribution in [-0.2, 0) is 14.8 Å². The molecule has 1 aromatic carbocycles. The molecule has 2 N–H and O–H groups in total. The number of sulfonamides is 1. The molecule has 2 saturated heterocycles. The van der Waals surface area contributed by atoms with E-state index in [0.29, 0.717) is 31.7 Å². The van der Waals surface area contributed by atoms with Gasteiger partial charge in [0.05, 0.1) is 11.5 Å². The maximum atomic E-state index is 12.5. The van der Waals surface area contributed by atoms with Crippen LogP contribution in [0.3, 0.4) is 0 Å². The lowest BCUT2D eigenvalue weighted by Gasteiger charge is -2.26. The van der Waals surface area contributed by atoms with Gasteiger partial charge in [-0.05, 0) is 50.6 Å². The monoisotopic (exact) mass is 381 g/mol. The first-order chi connectivity index (χ1) is 12.5. The SMILES string of the molecule is O=C(NCCN1CCCCC1)c1cccc(S(=O)(=O)N[C@H]2CCOC2)c1. The number of likely N-dealkylation sites (tertiary alicyclic amines) is 1. The van der Waals surface area contributed by atoms with E-state index in [2.05, 4.69) is 14.9 Å². The van der Waals surface area contributed by atoms with Gasteiger partial charge in [-0.3, -0.25) is 4.79 Å². The van der Waals surface area contributed by atoms with Crippen molar-refractivity contribution < 1.29 is 17.9 Å². The van der Waals surface area contributed by atoms with Gasteiger partial charge in [-0.15, -0.1) is 0 Å². The van der Waals surface area contributed by atoms with Crippen LogP contribution in [0.4, 0.5) is 0 Å². The van der Waals surface area contributed by atoms with Crippen molar-refractivity contribution >= 4 is 15.9 Å². The third kappa shape index (κ3) is 5.26. The lowest BCUT2D eigenvalue weighted by atomic mass is 10.1. The van der Waals surface area contributed by atoms with Crippen molar-refractivity contribution in [3.63, 3.8) is 0 Å². The summed E-state index contributed by atoms with van der Waals surface area (Å²) in [5.74, 6) is -0.247. The van der Waals surface area contributed by atoms with Crippen molar-refractivity contribution in [3.05, 3.63) is 29.8 Å². The Kier molecular flexibility index (Phi) is 6.63. The van der Waals surface area contributed by atoms with Crippen molar-refractivity contribution in [3.8, 4) is 0 Å². The summed E-state index contributed by atoms with van der Waals surface area (Å²) in [6, 6.07) is 5.95. The van der Waals surface area contributed by atoms with Gasteiger partial charge in [0, 0.05) is 31.3 Å². The summed E-state index contributed by atoms with van der Waals surface area (Å²) in [7, 11) is -3.66. The van der Waals surface area contributed by atoms with Crippen molar-refractivity contribution in [2.24, 2.45) is 0 Å². The molecule has 8 heteroatoms. The van der Waals surface area contributed by atoms with Crippen molar-refractivity contribution in [2.75, 3.05) is 39.4 Å². The minimum absolute atomic E-state index is 0.105. The van der Waals surface area contributed by atoms with Gasteiger partial charge in [-0.25, -0.2) is 13.1 Å². The largest absolute Gasteiger partial charge is 0.380 e. The molecule has 144 valence electrons. The summed E-state index contributed by atoms with van der Waals surface area (Å²) < 4.78 is 32.8. The molecule has 0 unspecified atom stereocenters. The van der Waals surface area contributed by atoms with Gasteiger partial charge in [-0.1, -0.05) is 12.5 Å². The summed E-state index contributed by atoms with van der Waals surface area (Å²) in [5, 5.41) is 2.88. The number of ether oxygens (including phenoxy) is 1. The van der Waals surface area contributed by atoms with E-state index < -0.39 is 10.0 Å². The van der Waals surface area contributed by atoms with Gasteiger partial charge < -0.3 is 15.0 Å². The quantitative estimate of drug-likeness (QED) is 0.735. The number of piperidine rings is 1. The van der Waals surface area contributed by atoms with Crippen molar-refractivity contribution in [2.45, 2.75) is 36.6 Å². The molecule has 1 aromatic rings. The molecule has 1 atom stereocenters.